The zero-order chi connectivity index (χ0) is 19.0. The van der Waals surface area contributed by atoms with E-state index < -0.39 is 0 Å². The maximum atomic E-state index is 2.75. The summed E-state index contributed by atoms with van der Waals surface area (Å²) < 4.78 is 1.10. The molecule has 0 bridgehead atoms. The number of hydrogen-bond donors (Lipinski definition) is 0. The van der Waals surface area contributed by atoms with Gasteiger partial charge in [0.2, 0.25) is 0 Å². The molecule has 0 aromatic heterocycles. The van der Waals surface area contributed by atoms with Gasteiger partial charge in [-0.2, -0.15) is 0 Å². The van der Waals surface area contributed by atoms with Gasteiger partial charge in [0.05, 0.1) is 27.7 Å². The highest BCUT2D eigenvalue weighted by atomic mass is 79.9. The molecule has 0 spiro atoms. The van der Waals surface area contributed by atoms with Crippen LogP contribution in [0.5, 0.6) is 0 Å². The summed E-state index contributed by atoms with van der Waals surface area (Å²) in [6.45, 7) is 11.0. The summed E-state index contributed by atoms with van der Waals surface area (Å²) in [5, 5.41) is 0. The van der Waals surface area contributed by atoms with Crippen LogP contribution in [0.3, 0.4) is 0 Å². The third-order valence-electron chi connectivity index (χ3n) is 5.38. The highest BCUT2D eigenvalue weighted by molar-refractivity contribution is 4.67. The van der Waals surface area contributed by atoms with Gasteiger partial charge in [-0.05, 0) is 45.7 Å². The van der Waals surface area contributed by atoms with Crippen molar-refractivity contribution in [2.75, 3.05) is 40.8 Å². The minimum atomic E-state index is 0. The van der Waals surface area contributed by atoms with E-state index in [4.69, 9.17) is 0 Å². The second kappa shape index (κ2) is 18.7. The number of nitrogens with zero attached hydrogens (tertiary/aromatic N) is 2. The highest BCUT2D eigenvalue weighted by Gasteiger charge is 2.14. The highest BCUT2D eigenvalue weighted by Crippen LogP contribution is 2.13. The largest absolute Gasteiger partial charge is 1.00 e. The van der Waals surface area contributed by atoms with Crippen LogP contribution in [0.15, 0.2) is 0 Å². The van der Waals surface area contributed by atoms with E-state index in [2.05, 4.69) is 46.8 Å². The Labute approximate surface area is 177 Å². The van der Waals surface area contributed by atoms with Crippen LogP contribution in [0, 0.1) is 0 Å². The fourth-order valence-corrected chi connectivity index (χ4v) is 3.69. The molecular formula is C23H51BrN2. The number of quaternary nitrogens is 1. The fraction of sp³-hybridized carbons (Fsp3) is 1.00. The molecule has 0 saturated carbocycles. The average molecular weight is 436 g/mol. The molecule has 0 radical (unpaired) electrons. The number of unbranched alkanes of at least 4 members (excludes halogenated alkanes) is 9. The molecule has 0 rings (SSSR count). The molecule has 1 atom stereocenters. The van der Waals surface area contributed by atoms with E-state index in [9.17, 15) is 0 Å². The molecule has 3 heteroatoms. The average Bonchev–Trinajstić information content (AvgIpc) is 2.54. The van der Waals surface area contributed by atoms with Crippen molar-refractivity contribution in [1.29, 1.82) is 0 Å². The summed E-state index contributed by atoms with van der Waals surface area (Å²) in [7, 11) is 6.91. The molecule has 0 heterocycles. The Bertz CT molecular complexity index is 276. The molecule has 0 fully saturated rings. The van der Waals surface area contributed by atoms with Crippen LogP contribution >= 0.6 is 0 Å². The minimum Gasteiger partial charge on any atom is -1.00 e. The Morgan fingerprint density at radius 2 is 1.15 bits per heavy atom. The van der Waals surface area contributed by atoms with E-state index in [-0.39, 0.29) is 17.0 Å². The molecule has 0 aliphatic heterocycles. The van der Waals surface area contributed by atoms with Crippen molar-refractivity contribution in [2.24, 2.45) is 0 Å². The zero-order valence-corrected chi connectivity index (χ0v) is 20.7. The SMILES string of the molecule is CCCCCCCCCCCCN(CCC)C(C)CCC[N+](C)(C)C.[Br-]. The van der Waals surface area contributed by atoms with Gasteiger partial charge in [-0.25, -0.2) is 0 Å². The molecule has 0 saturated heterocycles. The van der Waals surface area contributed by atoms with Crippen LogP contribution < -0.4 is 17.0 Å². The van der Waals surface area contributed by atoms with Gasteiger partial charge < -0.3 is 26.4 Å². The standard InChI is InChI=1S/C23H51N2.BrH/c1-7-9-10-11-12-13-14-15-16-17-21-24(20-8-2)23(3)19-18-22-25(4,5)6;/h23H,7-22H2,1-6H3;1H/q+1;/p-1. The van der Waals surface area contributed by atoms with Crippen molar-refractivity contribution < 1.29 is 21.5 Å². The Morgan fingerprint density at radius 1 is 0.654 bits per heavy atom. The summed E-state index contributed by atoms with van der Waals surface area (Å²) in [5.41, 5.74) is 0. The first-order valence-electron chi connectivity index (χ1n) is 11.4. The van der Waals surface area contributed by atoms with Gasteiger partial charge in [0.1, 0.15) is 0 Å². The first-order valence-corrected chi connectivity index (χ1v) is 11.4. The predicted octanol–water partition coefficient (Wildman–Crippen LogP) is 3.50. The van der Waals surface area contributed by atoms with Crippen molar-refractivity contribution in [2.45, 2.75) is 110 Å². The van der Waals surface area contributed by atoms with E-state index in [1.165, 1.54) is 103 Å². The molecule has 0 aliphatic carbocycles. The molecule has 0 amide bonds. The monoisotopic (exact) mass is 434 g/mol. The van der Waals surface area contributed by atoms with Crippen molar-refractivity contribution >= 4 is 0 Å². The van der Waals surface area contributed by atoms with Gasteiger partial charge in [0, 0.05) is 6.04 Å². The number of halogens is 1. The predicted molar refractivity (Wildman–Crippen MR) is 115 cm³/mol. The van der Waals surface area contributed by atoms with Gasteiger partial charge in [0.25, 0.3) is 0 Å². The van der Waals surface area contributed by atoms with E-state index in [1.54, 1.807) is 0 Å². The smallest absolute Gasteiger partial charge is 0.0781 e. The Morgan fingerprint density at radius 3 is 1.62 bits per heavy atom. The van der Waals surface area contributed by atoms with Gasteiger partial charge in [-0.15, -0.1) is 0 Å². The van der Waals surface area contributed by atoms with Crippen molar-refractivity contribution in [3.63, 3.8) is 0 Å². The molecule has 26 heavy (non-hydrogen) atoms. The second-order valence-electron chi connectivity index (χ2n) is 9.22. The normalized spacial score (nSPS) is 13.0. The lowest BCUT2D eigenvalue weighted by molar-refractivity contribution is -0.870. The van der Waals surface area contributed by atoms with Crippen molar-refractivity contribution in [3.8, 4) is 0 Å². The summed E-state index contributed by atoms with van der Waals surface area (Å²) in [6.07, 6.45) is 18.4. The number of hydrogen-bond acceptors (Lipinski definition) is 1. The summed E-state index contributed by atoms with van der Waals surface area (Å²) in [5.74, 6) is 0. The molecule has 0 aliphatic rings. The van der Waals surface area contributed by atoms with E-state index in [1.807, 2.05) is 0 Å². The van der Waals surface area contributed by atoms with Gasteiger partial charge in [-0.3, -0.25) is 0 Å². The van der Waals surface area contributed by atoms with E-state index >= 15 is 0 Å². The lowest BCUT2D eigenvalue weighted by Crippen LogP contribution is -3.00. The Hall–Kier alpha value is 0.400. The van der Waals surface area contributed by atoms with Crippen LogP contribution in [0.4, 0.5) is 0 Å². The van der Waals surface area contributed by atoms with Crippen LogP contribution in [0.25, 0.3) is 0 Å². The topological polar surface area (TPSA) is 3.24 Å². The third-order valence-corrected chi connectivity index (χ3v) is 5.38. The van der Waals surface area contributed by atoms with Gasteiger partial charge >= 0.3 is 0 Å². The number of rotatable bonds is 18. The lowest BCUT2D eigenvalue weighted by atomic mass is 10.1. The van der Waals surface area contributed by atoms with Gasteiger partial charge in [0.15, 0.2) is 0 Å². The first kappa shape index (κ1) is 28.6. The molecule has 0 aromatic rings. The quantitative estimate of drug-likeness (QED) is 0.235. The summed E-state index contributed by atoms with van der Waals surface area (Å²) in [4.78, 5) is 2.75. The Kier molecular flexibility index (Phi) is 20.6. The lowest BCUT2D eigenvalue weighted by Gasteiger charge is -2.30. The Balaban J connectivity index is 0. The van der Waals surface area contributed by atoms with Crippen LogP contribution in [-0.2, 0) is 0 Å². The molecule has 160 valence electrons. The summed E-state index contributed by atoms with van der Waals surface area (Å²) in [6, 6.07) is 0.755. The van der Waals surface area contributed by atoms with Crippen LogP contribution in [-0.4, -0.2) is 56.2 Å². The maximum Gasteiger partial charge on any atom is 0.0781 e. The molecule has 0 N–H and O–H groups in total. The second-order valence-corrected chi connectivity index (χ2v) is 9.22. The van der Waals surface area contributed by atoms with Crippen LogP contribution in [0.2, 0.25) is 0 Å². The van der Waals surface area contributed by atoms with E-state index in [0.29, 0.717) is 0 Å². The third kappa shape index (κ3) is 19.2. The maximum absolute atomic E-state index is 2.75. The van der Waals surface area contributed by atoms with Crippen LogP contribution in [0.1, 0.15) is 104 Å². The van der Waals surface area contributed by atoms with Gasteiger partial charge in [-0.1, -0.05) is 71.6 Å². The van der Waals surface area contributed by atoms with E-state index in [0.717, 1.165) is 10.5 Å². The first-order chi connectivity index (χ1) is 11.9. The molecule has 0 aromatic carbocycles. The molecular weight excluding hydrogens is 384 g/mol. The molecule has 1 unspecified atom stereocenters. The zero-order valence-electron chi connectivity index (χ0n) is 19.2. The fourth-order valence-electron chi connectivity index (χ4n) is 3.69. The minimum absolute atomic E-state index is 0. The molecule has 2 nitrogen and oxygen atoms in total. The summed E-state index contributed by atoms with van der Waals surface area (Å²) >= 11 is 0. The van der Waals surface area contributed by atoms with Crippen molar-refractivity contribution in [3.05, 3.63) is 0 Å². The van der Waals surface area contributed by atoms with Crippen molar-refractivity contribution in [1.82, 2.24) is 4.90 Å².